The van der Waals surface area contributed by atoms with Gasteiger partial charge in [-0.3, -0.25) is 9.69 Å². The summed E-state index contributed by atoms with van der Waals surface area (Å²) in [7, 11) is 0. The molecule has 1 aliphatic rings. The Morgan fingerprint density at radius 1 is 0.833 bits per heavy atom. The van der Waals surface area contributed by atoms with Crippen molar-refractivity contribution in [3.8, 4) is 0 Å². The van der Waals surface area contributed by atoms with Gasteiger partial charge < -0.3 is 4.90 Å². The van der Waals surface area contributed by atoms with Gasteiger partial charge in [-0.25, -0.2) is 8.78 Å². The molecule has 24 heavy (non-hydrogen) atoms. The minimum absolute atomic E-state index is 0.126. The number of benzene rings is 2. The average Bonchev–Trinajstić information content (AvgIpc) is 2.59. The lowest BCUT2D eigenvalue weighted by atomic mass is 9.96. The van der Waals surface area contributed by atoms with Crippen molar-refractivity contribution in [1.29, 1.82) is 0 Å². The topological polar surface area (TPSA) is 23.6 Å². The summed E-state index contributed by atoms with van der Waals surface area (Å²) in [5.74, 6) is -0.594. The molecule has 1 aliphatic heterocycles. The second-order valence-electron chi connectivity index (χ2n) is 5.78. The summed E-state index contributed by atoms with van der Waals surface area (Å²) in [6.45, 7) is 2.33. The normalized spacial score (nSPS) is 15.8. The highest BCUT2D eigenvalue weighted by molar-refractivity contribution is 6.62. The average molecular weight is 351 g/mol. The summed E-state index contributed by atoms with van der Waals surface area (Å²) < 4.78 is 26.5. The number of carbonyl (C=O) groups is 1. The van der Waals surface area contributed by atoms with Gasteiger partial charge in [-0.2, -0.15) is 0 Å². The third-order valence-electron chi connectivity index (χ3n) is 4.30. The van der Waals surface area contributed by atoms with E-state index in [2.05, 4.69) is 4.90 Å². The summed E-state index contributed by atoms with van der Waals surface area (Å²) in [6.07, 6.45) is 0. The van der Waals surface area contributed by atoms with E-state index in [-0.39, 0.29) is 17.7 Å². The van der Waals surface area contributed by atoms with Crippen LogP contribution in [0.3, 0.4) is 0 Å². The van der Waals surface area contributed by atoms with Crippen molar-refractivity contribution in [2.24, 2.45) is 0 Å². The monoisotopic (exact) mass is 350 g/mol. The summed E-state index contributed by atoms with van der Waals surface area (Å²) in [6, 6.07) is 12.5. The van der Waals surface area contributed by atoms with Crippen LogP contribution in [0.2, 0.25) is 0 Å². The largest absolute Gasteiger partial charge is 0.327 e. The van der Waals surface area contributed by atoms with E-state index >= 15 is 0 Å². The number of halogens is 3. The molecule has 0 atom stereocenters. The molecule has 126 valence electrons. The lowest BCUT2D eigenvalue weighted by Crippen LogP contribution is -2.48. The predicted molar refractivity (Wildman–Crippen MR) is 89.0 cm³/mol. The maximum atomic E-state index is 13.3. The summed E-state index contributed by atoms with van der Waals surface area (Å²) >= 11 is 5.54. The van der Waals surface area contributed by atoms with E-state index in [1.165, 1.54) is 24.3 Å². The van der Waals surface area contributed by atoms with Crippen molar-refractivity contribution in [2.75, 3.05) is 26.2 Å². The number of amides is 1. The van der Waals surface area contributed by atoms with Gasteiger partial charge in [0.1, 0.15) is 11.6 Å². The number of piperazine rings is 1. The first-order valence-electron chi connectivity index (χ1n) is 7.74. The fourth-order valence-corrected chi connectivity index (χ4v) is 3.23. The molecule has 2 aromatic carbocycles. The van der Waals surface area contributed by atoms with Gasteiger partial charge in [0.2, 0.25) is 0 Å². The molecule has 1 fully saturated rings. The highest BCUT2D eigenvalue weighted by Gasteiger charge is 2.27. The van der Waals surface area contributed by atoms with E-state index in [0.29, 0.717) is 26.2 Å². The molecule has 3 rings (SSSR count). The van der Waals surface area contributed by atoms with Crippen molar-refractivity contribution in [3.05, 3.63) is 71.3 Å². The Morgan fingerprint density at radius 2 is 1.25 bits per heavy atom. The second kappa shape index (κ2) is 7.28. The number of rotatable bonds is 3. The van der Waals surface area contributed by atoms with Crippen LogP contribution in [0.5, 0.6) is 0 Å². The number of hydrogen-bond donors (Lipinski definition) is 0. The van der Waals surface area contributed by atoms with E-state index < -0.39 is 5.37 Å². The van der Waals surface area contributed by atoms with E-state index in [4.69, 9.17) is 11.6 Å². The quantitative estimate of drug-likeness (QED) is 0.616. The van der Waals surface area contributed by atoms with Crippen LogP contribution >= 0.6 is 11.6 Å². The molecule has 1 amide bonds. The van der Waals surface area contributed by atoms with Gasteiger partial charge in [-0.1, -0.05) is 24.3 Å². The zero-order valence-corrected chi connectivity index (χ0v) is 13.7. The van der Waals surface area contributed by atoms with Gasteiger partial charge in [0.05, 0.1) is 6.04 Å². The standard InChI is InChI=1S/C18H17ClF2N2O/c19-18(24)23-11-9-22(10-12-23)17(13-1-5-15(20)6-2-13)14-3-7-16(21)8-4-14/h1-8,17H,9-12H2. The third-order valence-corrected chi connectivity index (χ3v) is 4.54. The van der Waals surface area contributed by atoms with Gasteiger partial charge in [0.15, 0.2) is 0 Å². The van der Waals surface area contributed by atoms with Crippen LogP contribution in [0.1, 0.15) is 17.2 Å². The molecule has 0 bridgehead atoms. The molecule has 0 N–H and O–H groups in total. The molecule has 0 saturated carbocycles. The third kappa shape index (κ3) is 3.74. The first kappa shape index (κ1) is 16.9. The van der Waals surface area contributed by atoms with Gasteiger partial charge in [-0.15, -0.1) is 0 Å². The summed E-state index contributed by atoms with van der Waals surface area (Å²) in [4.78, 5) is 15.1. The van der Waals surface area contributed by atoms with E-state index in [1.807, 2.05) is 0 Å². The van der Waals surface area contributed by atoms with Crippen LogP contribution in [0.15, 0.2) is 48.5 Å². The first-order chi connectivity index (χ1) is 11.5. The lowest BCUT2D eigenvalue weighted by Gasteiger charge is -2.39. The van der Waals surface area contributed by atoms with E-state index in [9.17, 15) is 13.6 Å². The van der Waals surface area contributed by atoms with Crippen LogP contribution < -0.4 is 0 Å². The van der Waals surface area contributed by atoms with Crippen LogP contribution in [0.25, 0.3) is 0 Å². The number of hydrogen-bond acceptors (Lipinski definition) is 2. The Kier molecular flexibility index (Phi) is 5.11. The van der Waals surface area contributed by atoms with Crippen LogP contribution in [-0.4, -0.2) is 41.3 Å². The fourth-order valence-electron chi connectivity index (χ4n) is 3.06. The predicted octanol–water partition coefficient (Wildman–Crippen LogP) is 4.03. The molecule has 0 aromatic heterocycles. The Bertz CT molecular complexity index is 652. The van der Waals surface area contributed by atoms with Gasteiger partial charge in [0, 0.05) is 26.2 Å². The number of nitrogens with zero attached hydrogens (tertiary/aromatic N) is 2. The number of carbonyl (C=O) groups excluding carboxylic acids is 1. The second-order valence-corrected chi connectivity index (χ2v) is 6.10. The highest BCUT2D eigenvalue weighted by atomic mass is 35.5. The molecule has 0 aliphatic carbocycles. The molecule has 0 radical (unpaired) electrons. The molecule has 2 aromatic rings. The van der Waals surface area contributed by atoms with Crippen LogP contribution in [-0.2, 0) is 0 Å². The smallest absolute Gasteiger partial charge is 0.316 e. The van der Waals surface area contributed by atoms with Crippen LogP contribution in [0, 0.1) is 11.6 Å². The summed E-state index contributed by atoms with van der Waals surface area (Å²) in [5, 5.41) is -0.449. The fraction of sp³-hybridized carbons (Fsp3) is 0.278. The molecule has 6 heteroatoms. The molecule has 3 nitrogen and oxygen atoms in total. The Labute approximate surface area is 144 Å². The summed E-state index contributed by atoms with van der Waals surface area (Å²) in [5.41, 5.74) is 1.85. The Hall–Kier alpha value is -1.98. The minimum atomic E-state index is -0.449. The SMILES string of the molecule is O=C(Cl)N1CCN(C(c2ccc(F)cc2)c2ccc(F)cc2)CC1. The van der Waals surface area contributed by atoms with E-state index in [0.717, 1.165) is 11.1 Å². The zero-order chi connectivity index (χ0) is 17.1. The molecule has 0 unspecified atom stereocenters. The van der Waals surface area contributed by atoms with Crippen molar-refractivity contribution >= 4 is 17.0 Å². The van der Waals surface area contributed by atoms with Gasteiger partial charge in [0.25, 0.3) is 0 Å². The van der Waals surface area contributed by atoms with Crippen LogP contribution in [0.4, 0.5) is 13.6 Å². The van der Waals surface area contributed by atoms with Crippen molar-refractivity contribution in [1.82, 2.24) is 9.80 Å². The lowest BCUT2D eigenvalue weighted by molar-refractivity contribution is 0.131. The van der Waals surface area contributed by atoms with Crippen molar-refractivity contribution in [2.45, 2.75) is 6.04 Å². The maximum absolute atomic E-state index is 13.3. The molecular formula is C18H17ClF2N2O. The van der Waals surface area contributed by atoms with Gasteiger partial charge in [-0.05, 0) is 47.0 Å². The molecule has 0 spiro atoms. The molecular weight excluding hydrogens is 334 g/mol. The van der Waals surface area contributed by atoms with E-state index in [1.54, 1.807) is 29.2 Å². The Balaban J connectivity index is 1.89. The van der Waals surface area contributed by atoms with Gasteiger partial charge >= 0.3 is 5.37 Å². The first-order valence-corrected chi connectivity index (χ1v) is 8.12. The maximum Gasteiger partial charge on any atom is 0.316 e. The van der Waals surface area contributed by atoms with Crippen molar-refractivity contribution in [3.63, 3.8) is 0 Å². The molecule has 1 saturated heterocycles. The Morgan fingerprint density at radius 3 is 1.62 bits per heavy atom. The van der Waals surface area contributed by atoms with Crippen molar-refractivity contribution < 1.29 is 13.6 Å². The zero-order valence-electron chi connectivity index (χ0n) is 13.0. The minimum Gasteiger partial charge on any atom is -0.327 e. The molecule has 1 heterocycles. The highest BCUT2D eigenvalue weighted by Crippen LogP contribution is 2.30.